The van der Waals surface area contributed by atoms with E-state index >= 15 is 0 Å². The van der Waals surface area contributed by atoms with Gasteiger partial charge in [0.2, 0.25) is 0 Å². The van der Waals surface area contributed by atoms with E-state index in [9.17, 15) is 14.4 Å². The minimum atomic E-state index is -0.579. The Morgan fingerprint density at radius 1 is 1.05 bits per heavy atom. The minimum absolute atomic E-state index is 0.169. The van der Waals surface area contributed by atoms with E-state index in [1.807, 2.05) is 39.0 Å². The third-order valence-corrected chi connectivity index (χ3v) is 6.32. The van der Waals surface area contributed by atoms with E-state index in [2.05, 4.69) is 12.2 Å². The van der Waals surface area contributed by atoms with Crippen LogP contribution >= 0.6 is 0 Å². The van der Waals surface area contributed by atoms with Gasteiger partial charge < -0.3 is 24.4 Å². The molecule has 2 aromatic rings. The van der Waals surface area contributed by atoms with Crippen LogP contribution in [0.2, 0.25) is 0 Å². The van der Waals surface area contributed by atoms with Crippen molar-refractivity contribution >= 4 is 37.0 Å². The molecule has 2 amide bonds. The molecule has 1 aliphatic heterocycles. The Morgan fingerprint density at radius 3 is 2.39 bits per heavy atom. The molecule has 0 atom stereocenters. The lowest BCUT2D eigenvalue weighted by molar-refractivity contribution is 0.0204. The summed E-state index contributed by atoms with van der Waals surface area (Å²) in [5, 5.41) is 2.82. The Hall–Kier alpha value is -3.49. The van der Waals surface area contributed by atoms with E-state index < -0.39 is 17.5 Å². The Bertz CT molecular complexity index is 1150. The molecule has 2 aromatic carbocycles. The number of anilines is 1. The molecule has 3 rings (SSSR count). The lowest BCUT2D eigenvalue weighted by Crippen LogP contribution is -2.41. The van der Waals surface area contributed by atoms with Gasteiger partial charge in [-0.2, -0.15) is 0 Å². The second-order valence-electron chi connectivity index (χ2n) is 10.5. The average Bonchev–Trinajstić information content (AvgIpc) is 2.87. The lowest BCUT2D eigenvalue weighted by Gasteiger charge is -2.33. The maximum Gasteiger partial charge on any atom is 0.410 e. The predicted octanol–water partition coefficient (Wildman–Crippen LogP) is 4.81. The number of carbonyl (C=O) groups excluding carboxylic acids is 3. The quantitative estimate of drug-likeness (QED) is 0.305. The Balaban J connectivity index is 1.83. The maximum absolute atomic E-state index is 13.5. The molecule has 2 radical (unpaired) electrons. The monoisotopic (exact) mass is 520 g/mol. The number of unbranched alkanes of at least 4 members (excludes halogenated alkanes) is 1. The minimum Gasteiger partial charge on any atom is -0.493 e. The van der Waals surface area contributed by atoms with Crippen molar-refractivity contribution in [2.45, 2.75) is 64.9 Å². The van der Waals surface area contributed by atoms with Crippen LogP contribution in [0.5, 0.6) is 5.75 Å². The van der Waals surface area contributed by atoms with Crippen LogP contribution in [0, 0.1) is 0 Å². The topological polar surface area (TPSA) is 94.2 Å². The highest BCUT2D eigenvalue weighted by Gasteiger charge is 2.28. The Labute approximate surface area is 226 Å². The molecular weight excluding hydrogens is 483 g/mol. The number of methoxy groups -OCH3 is 1. The van der Waals surface area contributed by atoms with Crippen molar-refractivity contribution in [3.63, 3.8) is 0 Å². The fourth-order valence-corrected chi connectivity index (χ4v) is 4.30. The van der Waals surface area contributed by atoms with Crippen molar-refractivity contribution in [3.8, 4) is 5.75 Å². The molecule has 1 aliphatic rings. The summed E-state index contributed by atoms with van der Waals surface area (Å²) < 4.78 is 16.3. The molecule has 38 heavy (non-hydrogen) atoms. The number of ether oxygens (including phenoxy) is 3. The Morgan fingerprint density at radius 2 is 1.76 bits per heavy atom. The van der Waals surface area contributed by atoms with E-state index in [-0.39, 0.29) is 23.3 Å². The van der Waals surface area contributed by atoms with E-state index in [1.54, 1.807) is 11.0 Å². The number of amides is 2. The number of piperidine rings is 1. The molecule has 0 unspecified atom stereocenters. The molecule has 1 N–H and O–H groups in total. The molecule has 0 saturated carbocycles. The Kier molecular flexibility index (Phi) is 9.83. The number of esters is 1. The third kappa shape index (κ3) is 7.76. The summed E-state index contributed by atoms with van der Waals surface area (Å²) in [5.74, 6) is -0.358. The van der Waals surface area contributed by atoms with Gasteiger partial charge >= 0.3 is 12.1 Å². The highest BCUT2D eigenvalue weighted by atomic mass is 16.6. The highest BCUT2D eigenvalue weighted by molar-refractivity contribution is 6.33. The first kappa shape index (κ1) is 29.1. The van der Waals surface area contributed by atoms with Crippen molar-refractivity contribution in [3.05, 3.63) is 53.1 Å². The molecule has 8 nitrogen and oxygen atoms in total. The van der Waals surface area contributed by atoms with Gasteiger partial charge in [-0.15, -0.1) is 0 Å². The molecule has 1 heterocycles. The summed E-state index contributed by atoms with van der Waals surface area (Å²) in [7, 11) is 7.20. The zero-order chi connectivity index (χ0) is 27.9. The normalized spacial score (nSPS) is 14.1. The van der Waals surface area contributed by atoms with Crippen LogP contribution in [0.15, 0.2) is 36.4 Å². The fraction of sp³-hybridized carbons (Fsp3) is 0.483. The summed E-state index contributed by atoms with van der Waals surface area (Å²) in [4.78, 5) is 39.9. The van der Waals surface area contributed by atoms with E-state index in [0.29, 0.717) is 36.5 Å². The van der Waals surface area contributed by atoms with Gasteiger partial charge in [0.05, 0.1) is 30.5 Å². The van der Waals surface area contributed by atoms with E-state index in [1.165, 1.54) is 19.2 Å². The number of nitrogens with one attached hydrogen (secondary N) is 1. The molecule has 0 spiro atoms. The van der Waals surface area contributed by atoms with Gasteiger partial charge in [0.1, 0.15) is 19.2 Å². The maximum atomic E-state index is 13.5. The second kappa shape index (κ2) is 12.8. The SMILES string of the molecule is [B]c1ccc(C(=O)OC)c(NC(=O)c2cc(C3CCN(C(=O)OC(C)(C)C)CC3)ccc2OCCCC)c1. The standard InChI is InChI=1S/C29H37BN2O6/c1-6-7-16-37-25-11-8-20(19-12-14-32(15-13-19)28(35)38-29(2,3)4)17-23(25)26(33)31-24-18-21(30)9-10-22(24)27(34)36-5/h8-11,17-19H,6-7,12-16H2,1-5H3,(H,31,33). The van der Waals surface area contributed by atoms with Crippen LogP contribution < -0.4 is 15.5 Å². The second-order valence-corrected chi connectivity index (χ2v) is 10.5. The van der Waals surface area contributed by atoms with Crippen LogP contribution in [0.4, 0.5) is 10.5 Å². The van der Waals surface area contributed by atoms with E-state index in [0.717, 1.165) is 31.2 Å². The van der Waals surface area contributed by atoms with Gasteiger partial charge in [-0.3, -0.25) is 4.79 Å². The van der Waals surface area contributed by atoms with Crippen LogP contribution in [0.1, 0.15) is 85.6 Å². The summed E-state index contributed by atoms with van der Waals surface area (Å²) in [6.45, 7) is 9.25. The first-order valence-electron chi connectivity index (χ1n) is 13.1. The summed E-state index contributed by atoms with van der Waals surface area (Å²) in [6.07, 6.45) is 3.00. The van der Waals surface area contributed by atoms with Crippen LogP contribution in [0.3, 0.4) is 0 Å². The van der Waals surface area contributed by atoms with Gasteiger partial charge in [0.15, 0.2) is 0 Å². The summed E-state index contributed by atoms with van der Waals surface area (Å²) in [6, 6.07) is 10.3. The van der Waals surface area contributed by atoms with Crippen LogP contribution in [-0.2, 0) is 9.47 Å². The van der Waals surface area contributed by atoms with Gasteiger partial charge in [0.25, 0.3) is 5.91 Å². The summed E-state index contributed by atoms with van der Waals surface area (Å²) >= 11 is 0. The van der Waals surface area contributed by atoms with Gasteiger partial charge in [0, 0.05) is 13.1 Å². The lowest BCUT2D eigenvalue weighted by atomic mass is 9.88. The number of likely N-dealkylation sites (tertiary alicyclic amines) is 1. The fourth-order valence-electron chi connectivity index (χ4n) is 4.30. The zero-order valence-electron chi connectivity index (χ0n) is 23.0. The van der Waals surface area contributed by atoms with Gasteiger partial charge in [-0.05, 0) is 75.8 Å². The molecule has 1 fully saturated rings. The predicted molar refractivity (Wildman–Crippen MR) is 148 cm³/mol. The summed E-state index contributed by atoms with van der Waals surface area (Å²) in [5.41, 5.74) is 1.68. The van der Waals surface area contributed by atoms with Crippen molar-refractivity contribution < 1.29 is 28.6 Å². The van der Waals surface area contributed by atoms with Crippen LogP contribution in [-0.4, -0.2) is 63.1 Å². The smallest absolute Gasteiger partial charge is 0.410 e. The number of rotatable bonds is 8. The van der Waals surface area contributed by atoms with E-state index in [4.69, 9.17) is 22.1 Å². The number of hydrogen-bond donors (Lipinski definition) is 1. The van der Waals surface area contributed by atoms with Crippen molar-refractivity contribution in [2.24, 2.45) is 0 Å². The highest BCUT2D eigenvalue weighted by Crippen LogP contribution is 2.32. The molecule has 202 valence electrons. The number of hydrogen-bond acceptors (Lipinski definition) is 6. The molecule has 0 aromatic heterocycles. The van der Waals surface area contributed by atoms with Crippen molar-refractivity contribution in [1.82, 2.24) is 4.90 Å². The van der Waals surface area contributed by atoms with Crippen LogP contribution in [0.25, 0.3) is 0 Å². The molecule has 0 aliphatic carbocycles. The van der Waals surface area contributed by atoms with Gasteiger partial charge in [-0.1, -0.05) is 30.9 Å². The van der Waals surface area contributed by atoms with Crippen molar-refractivity contribution in [2.75, 3.05) is 32.1 Å². The molecule has 1 saturated heterocycles. The zero-order valence-corrected chi connectivity index (χ0v) is 23.0. The number of carbonyl (C=O) groups is 3. The first-order valence-corrected chi connectivity index (χ1v) is 13.1. The van der Waals surface area contributed by atoms with Gasteiger partial charge in [-0.25, -0.2) is 9.59 Å². The first-order chi connectivity index (χ1) is 18.0. The largest absolute Gasteiger partial charge is 0.493 e. The molecule has 9 heteroatoms. The number of benzene rings is 2. The molecule has 0 bridgehead atoms. The average molecular weight is 520 g/mol. The third-order valence-electron chi connectivity index (χ3n) is 6.32. The molecular formula is C29H37BN2O6. The number of nitrogens with zero attached hydrogens (tertiary/aromatic N) is 1. The van der Waals surface area contributed by atoms with Crippen molar-refractivity contribution in [1.29, 1.82) is 0 Å².